The fourth-order valence-corrected chi connectivity index (χ4v) is 1.12. The molecular weight excluding hydrogens is 116 g/mol. The third kappa shape index (κ3) is 1.42. The van der Waals surface area contributed by atoms with Gasteiger partial charge < -0.3 is 10.6 Å². The molecular formula is C6H13N2O+. The van der Waals surface area contributed by atoms with Crippen molar-refractivity contribution in [2.75, 3.05) is 13.1 Å². The van der Waals surface area contributed by atoms with E-state index in [1.807, 2.05) is 4.90 Å². The predicted octanol–water partition coefficient (Wildman–Crippen LogP) is -1.15. The van der Waals surface area contributed by atoms with Crippen LogP contribution in [0.4, 0.5) is 0 Å². The molecule has 0 aliphatic carbocycles. The normalized spacial score (nSPS) is 26.9. The number of amides is 1. The van der Waals surface area contributed by atoms with E-state index in [0.717, 1.165) is 19.5 Å². The molecule has 1 atom stereocenters. The van der Waals surface area contributed by atoms with Crippen LogP contribution >= 0.6 is 0 Å². The van der Waals surface area contributed by atoms with Crippen LogP contribution in [0.1, 0.15) is 13.3 Å². The van der Waals surface area contributed by atoms with E-state index in [-0.39, 0.29) is 5.91 Å². The average Bonchev–Trinajstić information content (AvgIpc) is 2.14. The van der Waals surface area contributed by atoms with E-state index in [2.05, 4.69) is 5.73 Å². The third-order valence-electron chi connectivity index (χ3n) is 1.73. The second-order valence-electron chi connectivity index (χ2n) is 2.62. The Bertz CT molecular complexity index is 124. The number of rotatable bonds is 0. The monoisotopic (exact) mass is 129 g/mol. The van der Waals surface area contributed by atoms with Crippen molar-refractivity contribution in [3.05, 3.63) is 0 Å². The van der Waals surface area contributed by atoms with E-state index < -0.39 is 0 Å². The van der Waals surface area contributed by atoms with Crippen molar-refractivity contribution in [2.24, 2.45) is 0 Å². The number of hydrogen-bond acceptors (Lipinski definition) is 1. The first-order chi connectivity index (χ1) is 4.20. The molecule has 0 radical (unpaired) electrons. The summed E-state index contributed by atoms with van der Waals surface area (Å²) in [6.45, 7) is 3.37. The molecule has 1 fully saturated rings. The fraction of sp³-hybridized carbons (Fsp3) is 0.833. The topological polar surface area (TPSA) is 48.0 Å². The van der Waals surface area contributed by atoms with Gasteiger partial charge in [0.15, 0.2) is 0 Å². The summed E-state index contributed by atoms with van der Waals surface area (Å²) in [6.07, 6.45) is 1.07. The minimum Gasteiger partial charge on any atom is -0.354 e. The van der Waals surface area contributed by atoms with Gasteiger partial charge in [-0.2, -0.15) is 0 Å². The molecule has 1 aliphatic rings. The minimum atomic E-state index is 0.182. The van der Waals surface area contributed by atoms with Crippen LogP contribution in [0, 0.1) is 0 Å². The van der Waals surface area contributed by atoms with Gasteiger partial charge in [-0.3, -0.25) is 4.79 Å². The Morgan fingerprint density at radius 2 is 2.44 bits per heavy atom. The maximum atomic E-state index is 10.7. The molecule has 0 aromatic carbocycles. The molecule has 0 saturated carbocycles. The highest BCUT2D eigenvalue weighted by molar-refractivity contribution is 5.73. The summed E-state index contributed by atoms with van der Waals surface area (Å²) < 4.78 is 0. The lowest BCUT2D eigenvalue weighted by Gasteiger charge is -2.10. The van der Waals surface area contributed by atoms with Crippen molar-refractivity contribution in [2.45, 2.75) is 19.4 Å². The molecule has 1 saturated heterocycles. The lowest BCUT2D eigenvalue weighted by Crippen LogP contribution is -2.62. The number of hydrogen-bond donors (Lipinski definition) is 1. The van der Waals surface area contributed by atoms with E-state index >= 15 is 0 Å². The number of quaternary nitrogens is 1. The Kier molecular flexibility index (Phi) is 1.71. The van der Waals surface area contributed by atoms with Crippen molar-refractivity contribution >= 4 is 5.91 Å². The minimum absolute atomic E-state index is 0.182. The zero-order valence-corrected chi connectivity index (χ0v) is 5.76. The summed E-state index contributed by atoms with van der Waals surface area (Å²) in [4.78, 5) is 12.5. The molecule has 1 rings (SSSR count). The van der Waals surface area contributed by atoms with Gasteiger partial charge in [0.25, 0.3) is 0 Å². The molecule has 52 valence electrons. The Hall–Kier alpha value is -0.570. The first kappa shape index (κ1) is 6.55. The van der Waals surface area contributed by atoms with Crippen LogP contribution in [0.3, 0.4) is 0 Å². The first-order valence-corrected chi connectivity index (χ1v) is 3.28. The summed E-state index contributed by atoms with van der Waals surface area (Å²) in [7, 11) is 0. The van der Waals surface area contributed by atoms with Crippen LogP contribution in [-0.2, 0) is 4.79 Å². The van der Waals surface area contributed by atoms with Gasteiger partial charge in [-0.1, -0.05) is 0 Å². The summed E-state index contributed by atoms with van der Waals surface area (Å²) >= 11 is 0. The summed E-state index contributed by atoms with van der Waals surface area (Å²) in [5.74, 6) is 0.182. The predicted molar refractivity (Wildman–Crippen MR) is 33.5 cm³/mol. The van der Waals surface area contributed by atoms with Crippen molar-refractivity contribution in [3.8, 4) is 0 Å². The lowest BCUT2D eigenvalue weighted by atomic mass is 10.3. The van der Waals surface area contributed by atoms with Gasteiger partial charge >= 0.3 is 0 Å². The Morgan fingerprint density at radius 1 is 1.78 bits per heavy atom. The van der Waals surface area contributed by atoms with E-state index in [0.29, 0.717) is 6.04 Å². The molecule has 0 bridgehead atoms. The van der Waals surface area contributed by atoms with E-state index in [4.69, 9.17) is 0 Å². The molecule has 0 aromatic heterocycles. The summed E-state index contributed by atoms with van der Waals surface area (Å²) in [5, 5.41) is 0. The number of nitrogens with zero attached hydrogens (tertiary/aromatic N) is 1. The van der Waals surface area contributed by atoms with Crippen molar-refractivity contribution in [1.82, 2.24) is 4.90 Å². The molecule has 3 nitrogen and oxygen atoms in total. The van der Waals surface area contributed by atoms with Gasteiger partial charge in [0.05, 0.1) is 6.54 Å². The van der Waals surface area contributed by atoms with E-state index in [1.165, 1.54) is 0 Å². The second kappa shape index (κ2) is 2.35. The van der Waals surface area contributed by atoms with Crippen molar-refractivity contribution < 1.29 is 10.5 Å². The van der Waals surface area contributed by atoms with Gasteiger partial charge in [0, 0.05) is 19.9 Å². The maximum Gasteiger partial charge on any atom is 0.219 e. The second-order valence-corrected chi connectivity index (χ2v) is 2.62. The lowest BCUT2D eigenvalue weighted by molar-refractivity contribution is -0.413. The molecule has 3 N–H and O–H groups in total. The van der Waals surface area contributed by atoms with Gasteiger partial charge in [-0.25, -0.2) is 0 Å². The van der Waals surface area contributed by atoms with Crippen LogP contribution < -0.4 is 5.73 Å². The highest BCUT2D eigenvalue weighted by Gasteiger charge is 2.22. The molecule has 1 heterocycles. The summed E-state index contributed by atoms with van der Waals surface area (Å²) in [5.41, 5.74) is 3.88. The maximum absolute atomic E-state index is 10.7. The molecule has 9 heavy (non-hydrogen) atoms. The van der Waals surface area contributed by atoms with E-state index in [1.54, 1.807) is 6.92 Å². The van der Waals surface area contributed by atoms with Gasteiger partial charge in [-0.05, 0) is 0 Å². The molecule has 0 spiro atoms. The number of likely N-dealkylation sites (tertiary alicyclic amines) is 1. The van der Waals surface area contributed by atoms with Gasteiger partial charge in [0.1, 0.15) is 6.04 Å². The quantitative estimate of drug-likeness (QED) is 0.441. The Labute approximate surface area is 54.8 Å². The molecule has 1 aliphatic heterocycles. The van der Waals surface area contributed by atoms with Crippen LogP contribution in [0.5, 0.6) is 0 Å². The van der Waals surface area contributed by atoms with Crippen LogP contribution in [0.2, 0.25) is 0 Å². The fourth-order valence-electron chi connectivity index (χ4n) is 1.12. The smallest absolute Gasteiger partial charge is 0.219 e. The zero-order valence-electron chi connectivity index (χ0n) is 5.76. The Morgan fingerprint density at radius 3 is 2.67 bits per heavy atom. The van der Waals surface area contributed by atoms with E-state index in [9.17, 15) is 4.79 Å². The highest BCUT2D eigenvalue weighted by Crippen LogP contribution is 2.04. The first-order valence-electron chi connectivity index (χ1n) is 3.28. The molecule has 0 unspecified atom stereocenters. The van der Waals surface area contributed by atoms with Crippen molar-refractivity contribution in [3.63, 3.8) is 0 Å². The molecule has 3 heteroatoms. The van der Waals surface area contributed by atoms with Crippen LogP contribution in [0.15, 0.2) is 0 Å². The molecule has 1 amide bonds. The zero-order chi connectivity index (χ0) is 6.85. The average molecular weight is 129 g/mol. The summed E-state index contributed by atoms with van der Waals surface area (Å²) in [6, 6.07) is 0.467. The van der Waals surface area contributed by atoms with Crippen molar-refractivity contribution in [1.29, 1.82) is 0 Å². The SMILES string of the molecule is CC(=O)N1CC[C@H]([NH3+])C1. The number of carbonyl (C=O) groups excluding carboxylic acids is 1. The Balaban J connectivity index is 2.39. The standard InChI is InChI=1S/C6H12N2O/c1-5(9)8-3-2-6(7)4-8/h6H,2-4,7H2,1H3/p+1/t6-/m0/s1. The largest absolute Gasteiger partial charge is 0.354 e. The third-order valence-corrected chi connectivity index (χ3v) is 1.73. The number of carbonyl (C=O) groups is 1. The van der Waals surface area contributed by atoms with Gasteiger partial charge in [0.2, 0.25) is 5.91 Å². The molecule has 0 aromatic rings. The highest BCUT2D eigenvalue weighted by atomic mass is 16.2. The van der Waals surface area contributed by atoms with Crippen LogP contribution in [0.25, 0.3) is 0 Å². The van der Waals surface area contributed by atoms with Crippen LogP contribution in [-0.4, -0.2) is 29.9 Å². The van der Waals surface area contributed by atoms with Gasteiger partial charge in [-0.15, -0.1) is 0 Å².